The largest absolute Gasteiger partial charge is 0.495 e. The molecule has 0 aromatic heterocycles. The number of nitrogens with zero attached hydrogens (tertiary/aromatic N) is 1. The van der Waals surface area contributed by atoms with Gasteiger partial charge in [0.2, 0.25) is 0 Å². The lowest BCUT2D eigenvalue weighted by Crippen LogP contribution is -2.29. The third-order valence-electron chi connectivity index (χ3n) is 2.87. The van der Waals surface area contributed by atoms with Crippen molar-refractivity contribution in [3.05, 3.63) is 24.3 Å². The Morgan fingerprint density at radius 3 is 2.67 bits per heavy atom. The van der Waals surface area contributed by atoms with Crippen molar-refractivity contribution in [3.8, 4) is 5.75 Å². The van der Waals surface area contributed by atoms with Crippen LogP contribution in [-0.2, 0) is 0 Å². The molecule has 0 saturated carbocycles. The van der Waals surface area contributed by atoms with E-state index < -0.39 is 0 Å². The summed E-state index contributed by atoms with van der Waals surface area (Å²) in [4.78, 5) is 2.22. The van der Waals surface area contributed by atoms with Gasteiger partial charge in [0.1, 0.15) is 5.75 Å². The topological polar surface area (TPSA) is 58.7 Å². The number of aliphatic hydroxyl groups is 1. The van der Waals surface area contributed by atoms with Gasteiger partial charge in [-0.15, -0.1) is 0 Å². The summed E-state index contributed by atoms with van der Waals surface area (Å²) in [6.45, 7) is 4.16. The molecule has 1 rings (SSSR count). The lowest BCUT2D eigenvalue weighted by molar-refractivity contribution is 0.186. The van der Waals surface area contributed by atoms with Crippen molar-refractivity contribution in [2.45, 2.75) is 25.9 Å². The molecule has 18 heavy (non-hydrogen) atoms. The van der Waals surface area contributed by atoms with E-state index in [0.717, 1.165) is 37.4 Å². The highest BCUT2D eigenvalue weighted by molar-refractivity contribution is 5.58. The molecule has 0 bridgehead atoms. The monoisotopic (exact) mass is 252 g/mol. The van der Waals surface area contributed by atoms with E-state index in [1.54, 1.807) is 7.11 Å². The van der Waals surface area contributed by atoms with Crippen molar-refractivity contribution in [1.29, 1.82) is 0 Å². The van der Waals surface area contributed by atoms with E-state index in [9.17, 15) is 5.11 Å². The van der Waals surface area contributed by atoms with Crippen LogP contribution in [0.15, 0.2) is 24.3 Å². The molecule has 0 amide bonds. The zero-order valence-corrected chi connectivity index (χ0v) is 11.3. The summed E-state index contributed by atoms with van der Waals surface area (Å²) in [5, 5.41) is 9.42. The maximum atomic E-state index is 9.42. The average molecular weight is 252 g/mol. The van der Waals surface area contributed by atoms with Crippen LogP contribution in [0.5, 0.6) is 5.75 Å². The molecule has 4 heteroatoms. The Bertz CT molecular complexity index is 342. The highest BCUT2D eigenvalue weighted by atomic mass is 16.5. The number of benzene rings is 1. The summed E-state index contributed by atoms with van der Waals surface area (Å²) in [6, 6.07) is 7.94. The molecule has 0 heterocycles. The van der Waals surface area contributed by atoms with Crippen molar-refractivity contribution in [2.24, 2.45) is 5.73 Å². The summed E-state index contributed by atoms with van der Waals surface area (Å²) in [7, 11) is 1.68. The fourth-order valence-corrected chi connectivity index (χ4v) is 1.87. The lowest BCUT2D eigenvalue weighted by Gasteiger charge is -2.27. The molecule has 0 radical (unpaired) electrons. The molecule has 0 fully saturated rings. The van der Waals surface area contributed by atoms with Gasteiger partial charge in [-0.05, 0) is 38.4 Å². The van der Waals surface area contributed by atoms with Gasteiger partial charge >= 0.3 is 0 Å². The minimum atomic E-state index is -0.292. The molecule has 0 saturated heterocycles. The van der Waals surface area contributed by atoms with Gasteiger partial charge in [0, 0.05) is 13.1 Å². The molecule has 0 aliphatic heterocycles. The first-order valence-corrected chi connectivity index (χ1v) is 6.45. The van der Waals surface area contributed by atoms with Crippen LogP contribution in [0.2, 0.25) is 0 Å². The lowest BCUT2D eigenvalue weighted by atomic mass is 10.2. The molecule has 1 unspecified atom stereocenters. The quantitative estimate of drug-likeness (QED) is 0.738. The summed E-state index contributed by atoms with van der Waals surface area (Å²) in [6.07, 6.45) is 1.38. The van der Waals surface area contributed by atoms with Crippen LogP contribution in [0.25, 0.3) is 0 Å². The molecule has 1 aromatic rings. The smallest absolute Gasteiger partial charge is 0.142 e. The molecule has 1 atom stereocenters. The van der Waals surface area contributed by atoms with Crippen LogP contribution in [0.1, 0.15) is 19.8 Å². The fraction of sp³-hybridized carbons (Fsp3) is 0.571. The number of anilines is 1. The Hall–Kier alpha value is -1.26. The zero-order valence-electron chi connectivity index (χ0n) is 11.3. The zero-order chi connectivity index (χ0) is 13.4. The van der Waals surface area contributed by atoms with Gasteiger partial charge in [0.25, 0.3) is 0 Å². The minimum Gasteiger partial charge on any atom is -0.495 e. The number of methoxy groups -OCH3 is 1. The Balaban J connectivity index is 2.79. The van der Waals surface area contributed by atoms with Gasteiger partial charge in [-0.1, -0.05) is 12.1 Å². The predicted molar refractivity (Wildman–Crippen MR) is 75.2 cm³/mol. The summed E-state index contributed by atoms with van der Waals surface area (Å²) < 4.78 is 5.38. The van der Waals surface area contributed by atoms with Crippen molar-refractivity contribution in [1.82, 2.24) is 0 Å². The molecule has 3 N–H and O–H groups in total. The number of hydrogen-bond donors (Lipinski definition) is 2. The standard InChI is InChI=1S/C14H24N2O2/c1-12(17)8-11-16(10-5-9-15)13-6-3-4-7-14(13)18-2/h3-4,6-7,12,17H,5,8-11,15H2,1-2H3. The summed E-state index contributed by atoms with van der Waals surface area (Å²) >= 11 is 0. The van der Waals surface area contributed by atoms with E-state index in [1.807, 2.05) is 31.2 Å². The number of para-hydroxylation sites is 2. The Labute approximate surface area is 109 Å². The minimum absolute atomic E-state index is 0.292. The third-order valence-corrected chi connectivity index (χ3v) is 2.87. The summed E-state index contributed by atoms with van der Waals surface area (Å²) in [5.41, 5.74) is 6.64. The maximum Gasteiger partial charge on any atom is 0.142 e. The first-order chi connectivity index (χ1) is 8.69. The molecule has 102 valence electrons. The van der Waals surface area contributed by atoms with Gasteiger partial charge < -0.3 is 20.5 Å². The van der Waals surface area contributed by atoms with Crippen LogP contribution in [0, 0.1) is 0 Å². The van der Waals surface area contributed by atoms with Crippen molar-refractivity contribution in [2.75, 3.05) is 31.6 Å². The summed E-state index contributed by atoms with van der Waals surface area (Å²) in [5.74, 6) is 0.861. The normalized spacial score (nSPS) is 12.2. The molecule has 0 spiro atoms. The van der Waals surface area contributed by atoms with E-state index in [-0.39, 0.29) is 6.10 Å². The Morgan fingerprint density at radius 2 is 2.06 bits per heavy atom. The maximum absolute atomic E-state index is 9.42. The van der Waals surface area contributed by atoms with E-state index >= 15 is 0 Å². The van der Waals surface area contributed by atoms with Gasteiger partial charge in [-0.2, -0.15) is 0 Å². The average Bonchev–Trinajstić information content (AvgIpc) is 2.38. The van der Waals surface area contributed by atoms with E-state index in [1.165, 1.54) is 0 Å². The van der Waals surface area contributed by atoms with Crippen molar-refractivity contribution in [3.63, 3.8) is 0 Å². The van der Waals surface area contributed by atoms with Crippen LogP contribution < -0.4 is 15.4 Å². The van der Waals surface area contributed by atoms with Gasteiger partial charge in [0.05, 0.1) is 18.9 Å². The number of rotatable bonds is 8. The van der Waals surface area contributed by atoms with Crippen LogP contribution in [0.4, 0.5) is 5.69 Å². The van der Waals surface area contributed by atoms with Crippen LogP contribution in [-0.4, -0.2) is 38.0 Å². The number of aliphatic hydroxyl groups excluding tert-OH is 1. The molecule has 0 aliphatic rings. The fourth-order valence-electron chi connectivity index (χ4n) is 1.87. The predicted octanol–water partition coefficient (Wildman–Crippen LogP) is 1.62. The van der Waals surface area contributed by atoms with Crippen LogP contribution >= 0.6 is 0 Å². The number of nitrogens with two attached hydrogens (primary N) is 1. The van der Waals surface area contributed by atoms with E-state index in [0.29, 0.717) is 6.54 Å². The second kappa shape index (κ2) is 7.95. The van der Waals surface area contributed by atoms with E-state index in [2.05, 4.69) is 4.90 Å². The van der Waals surface area contributed by atoms with E-state index in [4.69, 9.17) is 10.5 Å². The highest BCUT2D eigenvalue weighted by Crippen LogP contribution is 2.27. The third kappa shape index (κ3) is 4.55. The first-order valence-electron chi connectivity index (χ1n) is 6.45. The molecular weight excluding hydrogens is 228 g/mol. The van der Waals surface area contributed by atoms with Crippen molar-refractivity contribution >= 4 is 5.69 Å². The van der Waals surface area contributed by atoms with Gasteiger partial charge in [-0.25, -0.2) is 0 Å². The second-order valence-corrected chi connectivity index (χ2v) is 4.44. The second-order valence-electron chi connectivity index (χ2n) is 4.44. The SMILES string of the molecule is COc1ccccc1N(CCCN)CCC(C)O. The number of hydrogen-bond acceptors (Lipinski definition) is 4. The molecule has 1 aromatic carbocycles. The molecule has 0 aliphatic carbocycles. The highest BCUT2D eigenvalue weighted by Gasteiger charge is 2.11. The Kier molecular flexibility index (Phi) is 6.54. The molecular formula is C14H24N2O2. The van der Waals surface area contributed by atoms with Gasteiger partial charge in [0.15, 0.2) is 0 Å². The number of ether oxygens (including phenoxy) is 1. The Morgan fingerprint density at radius 1 is 1.33 bits per heavy atom. The van der Waals surface area contributed by atoms with Crippen molar-refractivity contribution < 1.29 is 9.84 Å². The van der Waals surface area contributed by atoms with Gasteiger partial charge in [-0.3, -0.25) is 0 Å². The van der Waals surface area contributed by atoms with Crippen LogP contribution in [0.3, 0.4) is 0 Å². The first kappa shape index (κ1) is 14.8. The molecule has 4 nitrogen and oxygen atoms in total.